The molecule has 3 heterocycles. The zero-order valence-electron chi connectivity index (χ0n) is 15.0. The van der Waals surface area contributed by atoms with E-state index in [-0.39, 0.29) is 12.0 Å². The van der Waals surface area contributed by atoms with Crippen LogP contribution in [0.15, 0.2) is 30.5 Å². The summed E-state index contributed by atoms with van der Waals surface area (Å²) >= 11 is 1.12. The van der Waals surface area contributed by atoms with E-state index >= 15 is 0 Å². The second kappa shape index (κ2) is 7.38. The lowest BCUT2D eigenvalue weighted by atomic mass is 10.1. The number of thioether (sulfide) groups is 1. The van der Waals surface area contributed by atoms with Crippen LogP contribution < -0.4 is 5.32 Å². The molecular formula is C19H21N5O2S. The van der Waals surface area contributed by atoms with E-state index in [0.717, 1.165) is 41.1 Å². The number of carbonyl (C=O) groups excluding carboxylic acids is 1. The highest BCUT2D eigenvalue weighted by Gasteiger charge is 2.39. The Morgan fingerprint density at radius 3 is 2.93 bits per heavy atom. The minimum atomic E-state index is -0.0757. The van der Waals surface area contributed by atoms with Gasteiger partial charge in [0.1, 0.15) is 10.9 Å². The molecule has 1 aromatic carbocycles. The van der Waals surface area contributed by atoms with E-state index < -0.39 is 0 Å². The highest BCUT2D eigenvalue weighted by molar-refractivity contribution is 8.26. The summed E-state index contributed by atoms with van der Waals surface area (Å²) in [7, 11) is 0. The van der Waals surface area contributed by atoms with Crippen LogP contribution in [0.25, 0.3) is 10.8 Å². The first-order valence-electron chi connectivity index (χ1n) is 8.85. The van der Waals surface area contributed by atoms with Crippen molar-refractivity contribution in [3.63, 3.8) is 0 Å². The fourth-order valence-electron chi connectivity index (χ4n) is 3.60. The van der Waals surface area contributed by atoms with Crippen LogP contribution >= 0.6 is 11.8 Å². The van der Waals surface area contributed by atoms with Gasteiger partial charge in [-0.2, -0.15) is 0 Å². The fraction of sp³-hybridized carbons (Fsp3) is 0.368. The summed E-state index contributed by atoms with van der Waals surface area (Å²) in [5.74, 6) is 0.431. The van der Waals surface area contributed by atoms with E-state index in [4.69, 9.17) is 15.6 Å². The van der Waals surface area contributed by atoms with Gasteiger partial charge in [-0.05, 0) is 30.9 Å². The van der Waals surface area contributed by atoms with Gasteiger partial charge in [0, 0.05) is 29.7 Å². The molecule has 1 aromatic heterocycles. The Kier molecular flexibility index (Phi) is 4.94. The Hall–Kier alpha value is -2.29. The van der Waals surface area contributed by atoms with E-state index in [1.165, 1.54) is 0 Å². The molecule has 2 aliphatic rings. The van der Waals surface area contributed by atoms with Gasteiger partial charge in [-0.25, -0.2) is 4.98 Å². The normalized spacial score (nSPS) is 21.5. The van der Waals surface area contributed by atoms with Crippen molar-refractivity contribution in [1.82, 2.24) is 9.88 Å². The van der Waals surface area contributed by atoms with Gasteiger partial charge in [-0.1, -0.05) is 23.9 Å². The van der Waals surface area contributed by atoms with Gasteiger partial charge in [0.2, 0.25) is 5.91 Å². The maximum atomic E-state index is 12.4. The number of hydrogen-bond donors (Lipinski definition) is 3. The predicted octanol–water partition coefficient (Wildman–Crippen LogP) is 2.70. The van der Waals surface area contributed by atoms with Crippen molar-refractivity contribution in [2.24, 2.45) is 0 Å². The van der Waals surface area contributed by atoms with E-state index in [1.54, 1.807) is 13.1 Å². The van der Waals surface area contributed by atoms with Crippen LogP contribution in [0.3, 0.4) is 0 Å². The predicted molar refractivity (Wildman–Crippen MR) is 108 cm³/mol. The number of ether oxygens (including phenoxy) is 1. The van der Waals surface area contributed by atoms with E-state index in [0.29, 0.717) is 35.1 Å². The SMILES string of the molecule is CC(=N)SC(=N)c1ccc2cnc(NC(=O)CN3C[C@@H]4C[C@H]3CO4)cc2c1. The molecule has 1 amide bonds. The number of amides is 1. The van der Waals surface area contributed by atoms with Crippen LogP contribution in [-0.4, -0.2) is 57.7 Å². The topological polar surface area (TPSA) is 102 Å². The molecular weight excluding hydrogens is 362 g/mol. The molecule has 0 aliphatic carbocycles. The van der Waals surface area contributed by atoms with Crippen molar-refractivity contribution < 1.29 is 9.53 Å². The van der Waals surface area contributed by atoms with Gasteiger partial charge in [-0.15, -0.1) is 0 Å². The Morgan fingerprint density at radius 2 is 2.22 bits per heavy atom. The summed E-state index contributed by atoms with van der Waals surface area (Å²) in [6.45, 7) is 3.55. The Labute approximate surface area is 161 Å². The summed E-state index contributed by atoms with van der Waals surface area (Å²) in [4.78, 5) is 18.9. The number of pyridine rings is 1. The molecule has 8 heteroatoms. The average molecular weight is 383 g/mol. The lowest BCUT2D eigenvalue weighted by molar-refractivity contribution is -0.118. The van der Waals surface area contributed by atoms with Gasteiger partial charge in [0.05, 0.1) is 24.3 Å². The number of nitrogens with zero attached hydrogens (tertiary/aromatic N) is 2. The number of likely N-dealkylation sites (tertiary alicyclic amines) is 1. The van der Waals surface area contributed by atoms with E-state index in [2.05, 4.69) is 15.2 Å². The monoisotopic (exact) mass is 383 g/mol. The molecule has 27 heavy (non-hydrogen) atoms. The van der Waals surface area contributed by atoms with Crippen LogP contribution in [0.1, 0.15) is 18.9 Å². The van der Waals surface area contributed by atoms with Crippen LogP contribution in [0.4, 0.5) is 5.82 Å². The van der Waals surface area contributed by atoms with Crippen LogP contribution in [0.5, 0.6) is 0 Å². The van der Waals surface area contributed by atoms with E-state index in [9.17, 15) is 4.79 Å². The molecule has 140 valence electrons. The Bertz CT molecular complexity index is 931. The standard InChI is InChI=1S/C19H21N5O2S/c1-11(20)27-19(21)12-2-3-13-7-22-17(5-14(13)4-12)23-18(25)9-24-8-16-6-15(24)10-26-16/h2-5,7,15-16,20-21H,6,8-10H2,1H3,(H,22,23,25)/t15-,16-/m0/s1. The first kappa shape index (κ1) is 18.1. The number of anilines is 1. The number of rotatable bonds is 4. The van der Waals surface area contributed by atoms with Crippen molar-refractivity contribution >= 4 is 44.3 Å². The molecule has 2 aromatic rings. The second-order valence-corrected chi connectivity index (χ2v) is 8.17. The average Bonchev–Trinajstić information content (AvgIpc) is 3.23. The molecule has 4 rings (SSSR count). The lowest BCUT2D eigenvalue weighted by Crippen LogP contribution is -2.41. The van der Waals surface area contributed by atoms with E-state index in [1.807, 2.05) is 24.3 Å². The van der Waals surface area contributed by atoms with Crippen molar-refractivity contribution in [2.45, 2.75) is 25.5 Å². The molecule has 0 radical (unpaired) electrons. The van der Waals surface area contributed by atoms with Crippen LogP contribution in [-0.2, 0) is 9.53 Å². The maximum absolute atomic E-state index is 12.4. The summed E-state index contributed by atoms with van der Waals surface area (Å²) in [5.41, 5.74) is 0.746. The minimum absolute atomic E-state index is 0.0757. The van der Waals surface area contributed by atoms with Crippen molar-refractivity contribution in [3.8, 4) is 0 Å². The molecule has 0 saturated carbocycles. The second-order valence-electron chi connectivity index (χ2n) is 6.94. The smallest absolute Gasteiger partial charge is 0.239 e. The third kappa shape index (κ3) is 4.02. The third-order valence-electron chi connectivity index (χ3n) is 4.87. The molecule has 2 fully saturated rings. The Morgan fingerprint density at radius 1 is 1.37 bits per heavy atom. The van der Waals surface area contributed by atoms with Crippen LogP contribution in [0.2, 0.25) is 0 Å². The first-order valence-corrected chi connectivity index (χ1v) is 9.67. The zero-order valence-corrected chi connectivity index (χ0v) is 15.8. The number of fused-ring (bicyclic) bond motifs is 3. The summed E-state index contributed by atoms with van der Waals surface area (Å²) in [6, 6.07) is 7.82. The molecule has 2 aliphatic heterocycles. The largest absolute Gasteiger partial charge is 0.375 e. The molecule has 7 nitrogen and oxygen atoms in total. The minimum Gasteiger partial charge on any atom is -0.375 e. The molecule has 0 unspecified atom stereocenters. The number of nitrogens with one attached hydrogen (secondary N) is 3. The number of morpholine rings is 1. The van der Waals surface area contributed by atoms with Crippen molar-refractivity contribution in [1.29, 1.82) is 10.8 Å². The lowest BCUT2D eigenvalue weighted by Gasteiger charge is -2.25. The number of benzene rings is 1. The molecule has 2 bridgehead atoms. The Balaban J connectivity index is 1.46. The van der Waals surface area contributed by atoms with Gasteiger partial charge < -0.3 is 10.1 Å². The first-order chi connectivity index (χ1) is 13.0. The highest BCUT2D eigenvalue weighted by atomic mass is 32.2. The number of carbonyl (C=O) groups is 1. The highest BCUT2D eigenvalue weighted by Crippen LogP contribution is 2.27. The molecule has 2 atom stereocenters. The molecule has 3 N–H and O–H groups in total. The van der Waals surface area contributed by atoms with Gasteiger partial charge in [0.15, 0.2) is 0 Å². The number of aromatic nitrogens is 1. The molecule has 2 saturated heterocycles. The quantitative estimate of drug-likeness (QED) is 0.556. The summed E-state index contributed by atoms with van der Waals surface area (Å²) in [5, 5.41) is 21.0. The van der Waals surface area contributed by atoms with Gasteiger partial charge >= 0.3 is 0 Å². The summed E-state index contributed by atoms with van der Waals surface area (Å²) < 4.78 is 5.57. The zero-order chi connectivity index (χ0) is 19.0. The third-order valence-corrected chi connectivity index (χ3v) is 5.61. The van der Waals surface area contributed by atoms with Crippen molar-refractivity contribution in [3.05, 3.63) is 36.0 Å². The van der Waals surface area contributed by atoms with Crippen LogP contribution in [0, 0.1) is 10.8 Å². The fourth-order valence-corrected chi connectivity index (χ4v) is 4.15. The number of hydrogen-bond acceptors (Lipinski definition) is 7. The summed E-state index contributed by atoms with van der Waals surface area (Å²) in [6.07, 6.45) is 3.01. The molecule has 0 spiro atoms. The van der Waals surface area contributed by atoms with Crippen molar-refractivity contribution in [2.75, 3.05) is 25.0 Å². The van der Waals surface area contributed by atoms with Gasteiger partial charge in [-0.3, -0.25) is 20.5 Å². The van der Waals surface area contributed by atoms with Gasteiger partial charge in [0.25, 0.3) is 0 Å². The maximum Gasteiger partial charge on any atom is 0.239 e.